The van der Waals surface area contributed by atoms with Gasteiger partial charge in [-0.25, -0.2) is 13.4 Å². The molecule has 3 aromatic heterocycles. The van der Waals surface area contributed by atoms with Gasteiger partial charge in [0.1, 0.15) is 6.04 Å². The number of hydrogen-bond donors (Lipinski definition) is 2. The zero-order valence-corrected chi connectivity index (χ0v) is 22.4. The molecule has 192 valence electrons. The summed E-state index contributed by atoms with van der Waals surface area (Å²) in [4.78, 5) is 34.7. The molecule has 1 atom stereocenters. The first-order valence-electron chi connectivity index (χ1n) is 11.4. The number of hydrogen-bond acceptors (Lipinski definition) is 7. The second-order valence-electron chi connectivity index (χ2n) is 9.61. The quantitative estimate of drug-likeness (QED) is 0.363. The molecule has 9 nitrogen and oxygen atoms in total. The van der Waals surface area contributed by atoms with E-state index in [2.05, 4.69) is 20.6 Å². The Hall–Kier alpha value is -3.83. The highest BCUT2D eigenvalue weighted by atomic mass is 32.2. The minimum absolute atomic E-state index is 0.137. The number of carbonyl (C=O) groups is 2. The SMILES string of the molecule is CC(C)(C)C(NC(=O)c1ccn(S(C)(=O)=O)c1)C(=O)Nc1nc(-c2cccc(-c3ccncc3)c2)cs1. The highest BCUT2D eigenvalue weighted by Gasteiger charge is 2.33. The van der Waals surface area contributed by atoms with E-state index in [1.807, 2.05) is 62.5 Å². The normalized spacial score (nSPS) is 12.6. The first kappa shape index (κ1) is 26.2. The molecule has 0 aliphatic rings. The number of nitrogens with one attached hydrogen (secondary N) is 2. The molecule has 0 bridgehead atoms. The van der Waals surface area contributed by atoms with Crippen molar-refractivity contribution in [3.63, 3.8) is 0 Å². The summed E-state index contributed by atoms with van der Waals surface area (Å²) >= 11 is 1.29. The van der Waals surface area contributed by atoms with Gasteiger partial charge in [0.05, 0.1) is 17.5 Å². The minimum atomic E-state index is -3.52. The van der Waals surface area contributed by atoms with Crippen molar-refractivity contribution in [3.8, 4) is 22.4 Å². The highest BCUT2D eigenvalue weighted by molar-refractivity contribution is 7.89. The van der Waals surface area contributed by atoms with E-state index in [-0.39, 0.29) is 5.56 Å². The molecule has 2 N–H and O–H groups in total. The van der Waals surface area contributed by atoms with Crippen LogP contribution >= 0.6 is 11.3 Å². The molecule has 0 radical (unpaired) electrons. The van der Waals surface area contributed by atoms with Crippen molar-refractivity contribution < 1.29 is 18.0 Å². The molecule has 2 amide bonds. The lowest BCUT2D eigenvalue weighted by molar-refractivity contribution is -0.120. The van der Waals surface area contributed by atoms with E-state index in [0.29, 0.717) is 5.13 Å². The van der Waals surface area contributed by atoms with Gasteiger partial charge in [0.25, 0.3) is 5.91 Å². The molecule has 0 aliphatic heterocycles. The second-order valence-corrected chi connectivity index (χ2v) is 12.4. The van der Waals surface area contributed by atoms with E-state index in [1.165, 1.54) is 29.8 Å². The number of thiazole rings is 1. The summed E-state index contributed by atoms with van der Waals surface area (Å²) in [5, 5.41) is 7.82. The topological polar surface area (TPSA) is 123 Å². The summed E-state index contributed by atoms with van der Waals surface area (Å²) in [6, 6.07) is 12.3. The van der Waals surface area contributed by atoms with Crippen LogP contribution in [0.2, 0.25) is 0 Å². The fourth-order valence-electron chi connectivity index (χ4n) is 3.65. The molecule has 0 fully saturated rings. The Bertz CT molecular complexity index is 1540. The molecule has 0 saturated heterocycles. The van der Waals surface area contributed by atoms with E-state index in [9.17, 15) is 18.0 Å². The Kier molecular flexibility index (Phi) is 7.28. The number of amides is 2. The average molecular weight is 538 g/mol. The van der Waals surface area contributed by atoms with Crippen molar-refractivity contribution in [2.45, 2.75) is 26.8 Å². The molecule has 4 rings (SSSR count). The predicted molar refractivity (Wildman–Crippen MR) is 145 cm³/mol. The number of carbonyl (C=O) groups excluding carboxylic acids is 2. The Balaban J connectivity index is 1.50. The first-order chi connectivity index (χ1) is 17.4. The number of anilines is 1. The van der Waals surface area contributed by atoms with Crippen LogP contribution in [0, 0.1) is 5.41 Å². The van der Waals surface area contributed by atoms with Crippen molar-refractivity contribution in [2.75, 3.05) is 11.6 Å². The van der Waals surface area contributed by atoms with Crippen molar-refractivity contribution in [2.24, 2.45) is 5.41 Å². The van der Waals surface area contributed by atoms with Crippen LogP contribution in [-0.4, -0.2) is 46.5 Å². The lowest BCUT2D eigenvalue weighted by atomic mass is 9.86. The summed E-state index contributed by atoms with van der Waals surface area (Å²) in [6.45, 7) is 5.49. The van der Waals surface area contributed by atoms with E-state index in [0.717, 1.165) is 32.6 Å². The number of rotatable bonds is 7. The third kappa shape index (κ3) is 6.30. The lowest BCUT2D eigenvalue weighted by Crippen LogP contribution is -2.51. The Morgan fingerprint density at radius 3 is 2.38 bits per heavy atom. The lowest BCUT2D eigenvalue weighted by Gasteiger charge is -2.29. The highest BCUT2D eigenvalue weighted by Crippen LogP contribution is 2.29. The van der Waals surface area contributed by atoms with Gasteiger partial charge in [-0.15, -0.1) is 11.3 Å². The molecule has 0 spiro atoms. The van der Waals surface area contributed by atoms with Gasteiger partial charge in [0, 0.05) is 35.7 Å². The van der Waals surface area contributed by atoms with Gasteiger partial charge in [-0.3, -0.25) is 18.5 Å². The van der Waals surface area contributed by atoms with Crippen LogP contribution in [0.25, 0.3) is 22.4 Å². The van der Waals surface area contributed by atoms with E-state index < -0.39 is 33.3 Å². The van der Waals surface area contributed by atoms with Crippen molar-refractivity contribution >= 4 is 38.3 Å². The van der Waals surface area contributed by atoms with E-state index in [1.54, 1.807) is 12.4 Å². The molecule has 11 heteroatoms. The van der Waals surface area contributed by atoms with Crippen LogP contribution in [0.5, 0.6) is 0 Å². The van der Waals surface area contributed by atoms with Gasteiger partial charge in [-0.1, -0.05) is 39.0 Å². The van der Waals surface area contributed by atoms with Gasteiger partial charge < -0.3 is 10.6 Å². The third-order valence-electron chi connectivity index (χ3n) is 5.62. The van der Waals surface area contributed by atoms with E-state index in [4.69, 9.17) is 0 Å². The smallest absolute Gasteiger partial charge is 0.253 e. The van der Waals surface area contributed by atoms with Gasteiger partial charge in [-0.2, -0.15) is 0 Å². The number of nitrogens with zero attached hydrogens (tertiary/aromatic N) is 3. The van der Waals surface area contributed by atoms with Crippen LogP contribution < -0.4 is 10.6 Å². The van der Waals surface area contributed by atoms with Crippen LogP contribution in [0.4, 0.5) is 5.13 Å². The summed E-state index contributed by atoms with van der Waals surface area (Å²) < 4.78 is 24.4. The third-order valence-corrected chi connectivity index (χ3v) is 7.37. The van der Waals surface area contributed by atoms with Gasteiger partial charge >= 0.3 is 0 Å². The fourth-order valence-corrected chi connectivity index (χ4v) is 4.96. The van der Waals surface area contributed by atoms with Crippen LogP contribution in [-0.2, 0) is 14.8 Å². The summed E-state index contributed by atoms with van der Waals surface area (Å²) in [6.07, 6.45) is 7.03. The molecule has 1 unspecified atom stereocenters. The predicted octanol–water partition coefficient (Wildman–Crippen LogP) is 4.26. The molecule has 1 aromatic carbocycles. The molecule has 3 heterocycles. The maximum Gasteiger partial charge on any atom is 0.253 e. The number of aromatic nitrogens is 3. The fraction of sp³-hybridized carbons (Fsp3) is 0.231. The number of benzene rings is 1. The molecule has 37 heavy (non-hydrogen) atoms. The molecule has 4 aromatic rings. The van der Waals surface area contributed by atoms with Crippen molar-refractivity contribution in [3.05, 3.63) is 78.2 Å². The zero-order chi connectivity index (χ0) is 26.8. The van der Waals surface area contributed by atoms with Gasteiger partial charge in [0.15, 0.2) is 5.13 Å². The van der Waals surface area contributed by atoms with Crippen LogP contribution in [0.3, 0.4) is 0 Å². The summed E-state index contributed by atoms with van der Waals surface area (Å²) in [5.74, 6) is -0.972. The zero-order valence-electron chi connectivity index (χ0n) is 20.8. The maximum absolute atomic E-state index is 13.2. The van der Waals surface area contributed by atoms with Crippen LogP contribution in [0.1, 0.15) is 31.1 Å². The monoisotopic (exact) mass is 537 g/mol. The van der Waals surface area contributed by atoms with Crippen molar-refractivity contribution in [1.29, 1.82) is 0 Å². The molecule has 0 aliphatic carbocycles. The number of pyridine rings is 1. The Morgan fingerprint density at radius 1 is 1.03 bits per heavy atom. The Labute approximate surface area is 219 Å². The molecular formula is C26H27N5O4S2. The van der Waals surface area contributed by atoms with Crippen LogP contribution in [0.15, 0.2) is 72.6 Å². The minimum Gasteiger partial charge on any atom is -0.340 e. The average Bonchev–Trinajstić information content (AvgIpc) is 3.52. The van der Waals surface area contributed by atoms with E-state index >= 15 is 0 Å². The molecular weight excluding hydrogens is 510 g/mol. The standard InChI is InChI=1S/C26H27N5O4S2/c1-26(2,3)22(29-23(32)20-10-13-31(15-20)37(4,34)35)24(33)30-25-28-21(16-36-25)19-7-5-6-18(14-19)17-8-11-27-12-9-17/h5-16,22H,1-4H3,(H,29,32)(H,28,30,33). The second kappa shape index (κ2) is 10.3. The molecule has 0 saturated carbocycles. The largest absolute Gasteiger partial charge is 0.340 e. The van der Waals surface area contributed by atoms with Crippen molar-refractivity contribution in [1.82, 2.24) is 19.3 Å². The summed E-state index contributed by atoms with van der Waals surface area (Å²) in [5.41, 5.74) is 3.20. The van der Waals surface area contributed by atoms with Gasteiger partial charge in [0.2, 0.25) is 15.9 Å². The first-order valence-corrected chi connectivity index (χ1v) is 14.1. The Morgan fingerprint density at radius 2 is 1.73 bits per heavy atom. The van der Waals surface area contributed by atoms with Gasteiger partial charge in [-0.05, 0) is 40.8 Å². The maximum atomic E-state index is 13.2. The summed E-state index contributed by atoms with van der Waals surface area (Å²) in [7, 11) is -3.52.